The van der Waals surface area contributed by atoms with Crippen LogP contribution in [-0.2, 0) is 11.0 Å². The number of piperidine rings is 1. The van der Waals surface area contributed by atoms with Crippen LogP contribution in [0.1, 0.15) is 39.4 Å². The Morgan fingerprint density at radius 2 is 1.71 bits per heavy atom. The molecule has 0 bridgehead atoms. The molecule has 6 nitrogen and oxygen atoms in total. The van der Waals surface area contributed by atoms with Crippen molar-refractivity contribution in [1.29, 1.82) is 0 Å². The molecule has 3 heterocycles. The number of amides is 1. The summed E-state index contributed by atoms with van der Waals surface area (Å²) in [6.07, 6.45) is -0.721. The van der Waals surface area contributed by atoms with Crippen LogP contribution in [0.2, 0.25) is 0 Å². The lowest BCUT2D eigenvalue weighted by Gasteiger charge is -2.43. The van der Waals surface area contributed by atoms with E-state index in [-0.39, 0.29) is 11.8 Å². The number of hydrogen-bond donors (Lipinski definition) is 0. The molecule has 1 atom stereocenters. The van der Waals surface area contributed by atoms with Crippen molar-refractivity contribution in [3.8, 4) is 0 Å². The Kier molecular flexibility index (Phi) is 6.12. The second kappa shape index (κ2) is 8.23. The minimum Gasteiger partial charge on any atom is -0.369 e. The van der Waals surface area contributed by atoms with Crippen molar-refractivity contribution in [3.63, 3.8) is 0 Å². The van der Waals surface area contributed by atoms with Crippen LogP contribution in [0.3, 0.4) is 0 Å². The molecule has 2 aliphatic rings. The van der Waals surface area contributed by atoms with Crippen LogP contribution in [0, 0.1) is 5.92 Å². The Labute approximate surface area is 163 Å². The topological polar surface area (TPSA) is 52.6 Å². The maximum absolute atomic E-state index is 12.9. The second-order valence-electron chi connectivity index (χ2n) is 7.99. The van der Waals surface area contributed by atoms with E-state index in [9.17, 15) is 18.0 Å². The zero-order valence-electron chi connectivity index (χ0n) is 16.6. The average molecular weight is 399 g/mol. The molecule has 156 valence electrons. The number of nitrogens with zero attached hydrogens (tertiary/aromatic N) is 5. The Bertz CT molecular complexity index is 671. The van der Waals surface area contributed by atoms with Gasteiger partial charge in [0.1, 0.15) is 0 Å². The summed E-state index contributed by atoms with van der Waals surface area (Å²) in [5.74, 6) is -0.945. The molecule has 2 fully saturated rings. The molecule has 1 amide bonds. The predicted octanol–water partition coefficient (Wildman–Crippen LogP) is 2.65. The first-order valence-electron chi connectivity index (χ1n) is 9.85. The summed E-state index contributed by atoms with van der Waals surface area (Å²) in [5.41, 5.74) is 0.568. The molecule has 2 aliphatic heterocycles. The first kappa shape index (κ1) is 20.8. The summed E-state index contributed by atoms with van der Waals surface area (Å²) in [7, 11) is 0. The van der Waals surface area contributed by atoms with Gasteiger partial charge in [-0.3, -0.25) is 9.69 Å². The van der Waals surface area contributed by atoms with Crippen molar-refractivity contribution in [3.05, 3.63) is 18.2 Å². The van der Waals surface area contributed by atoms with Crippen LogP contribution in [-0.4, -0.2) is 70.5 Å². The van der Waals surface area contributed by atoms with Gasteiger partial charge in [0.15, 0.2) is 0 Å². The van der Waals surface area contributed by atoms with Gasteiger partial charge < -0.3 is 9.80 Å². The van der Waals surface area contributed by atoms with Crippen molar-refractivity contribution in [1.82, 2.24) is 19.8 Å². The van der Waals surface area contributed by atoms with Crippen molar-refractivity contribution < 1.29 is 18.0 Å². The number of hydrogen-bond acceptors (Lipinski definition) is 5. The van der Waals surface area contributed by atoms with Crippen LogP contribution in [0.5, 0.6) is 0 Å². The van der Waals surface area contributed by atoms with E-state index in [2.05, 4.69) is 35.6 Å². The summed E-state index contributed by atoms with van der Waals surface area (Å²) in [6.45, 7) is 10.2. The normalized spacial score (nSPS) is 22.8. The van der Waals surface area contributed by atoms with Crippen LogP contribution in [0.4, 0.5) is 18.9 Å². The molecule has 0 aliphatic carbocycles. The molecule has 0 radical (unpaired) electrons. The first-order valence-corrected chi connectivity index (χ1v) is 9.85. The third kappa shape index (κ3) is 4.56. The molecule has 1 aromatic rings. The molecular weight excluding hydrogens is 371 g/mol. The van der Waals surface area contributed by atoms with E-state index in [0.717, 1.165) is 19.6 Å². The van der Waals surface area contributed by atoms with Gasteiger partial charge in [0.2, 0.25) is 11.7 Å². The van der Waals surface area contributed by atoms with Crippen LogP contribution < -0.4 is 4.90 Å². The number of halogens is 3. The molecule has 9 heteroatoms. The van der Waals surface area contributed by atoms with Gasteiger partial charge in [-0.25, -0.2) is 9.97 Å². The quantitative estimate of drug-likeness (QED) is 0.782. The van der Waals surface area contributed by atoms with E-state index in [0.29, 0.717) is 43.7 Å². The fraction of sp³-hybridized carbons (Fsp3) is 0.737. The van der Waals surface area contributed by atoms with Gasteiger partial charge in [-0.05, 0) is 33.6 Å². The lowest BCUT2D eigenvalue weighted by Crippen LogP contribution is -2.57. The molecule has 0 aromatic carbocycles. The SMILES string of the molecule is CC(C)N1CCN(C(=O)C2CCN(c3cnc(C(F)(F)F)nc3)CC2)C[C@@H]1C. The Balaban J connectivity index is 1.53. The number of carbonyl (C=O) groups is 1. The van der Waals surface area contributed by atoms with Gasteiger partial charge >= 0.3 is 6.18 Å². The van der Waals surface area contributed by atoms with E-state index in [1.807, 2.05) is 9.80 Å². The molecule has 3 rings (SSSR count). The van der Waals surface area contributed by atoms with E-state index in [4.69, 9.17) is 0 Å². The molecule has 0 unspecified atom stereocenters. The zero-order chi connectivity index (χ0) is 20.5. The van der Waals surface area contributed by atoms with E-state index >= 15 is 0 Å². The average Bonchev–Trinajstić information content (AvgIpc) is 2.66. The molecule has 2 saturated heterocycles. The fourth-order valence-electron chi connectivity index (χ4n) is 4.21. The number of piperazine rings is 1. The summed E-state index contributed by atoms with van der Waals surface area (Å²) in [5, 5.41) is 0. The number of carbonyl (C=O) groups excluding carboxylic acids is 1. The monoisotopic (exact) mass is 399 g/mol. The molecule has 28 heavy (non-hydrogen) atoms. The third-order valence-corrected chi connectivity index (χ3v) is 5.75. The largest absolute Gasteiger partial charge is 0.451 e. The van der Waals surface area contributed by atoms with Crippen LogP contribution in [0.15, 0.2) is 12.4 Å². The highest BCUT2D eigenvalue weighted by atomic mass is 19.4. The maximum Gasteiger partial charge on any atom is 0.451 e. The number of rotatable bonds is 3. The maximum atomic E-state index is 12.9. The second-order valence-corrected chi connectivity index (χ2v) is 7.99. The minimum atomic E-state index is -4.53. The Morgan fingerprint density at radius 3 is 2.21 bits per heavy atom. The molecule has 0 N–H and O–H groups in total. The zero-order valence-corrected chi connectivity index (χ0v) is 16.6. The third-order valence-electron chi connectivity index (χ3n) is 5.75. The number of aromatic nitrogens is 2. The minimum absolute atomic E-state index is 0.0237. The van der Waals surface area contributed by atoms with Crippen molar-refractivity contribution >= 4 is 11.6 Å². The highest BCUT2D eigenvalue weighted by Crippen LogP contribution is 2.28. The van der Waals surface area contributed by atoms with Gasteiger partial charge in [-0.1, -0.05) is 0 Å². The van der Waals surface area contributed by atoms with E-state index in [1.165, 1.54) is 12.4 Å². The fourth-order valence-corrected chi connectivity index (χ4v) is 4.21. The molecular formula is C19H28F3N5O. The summed E-state index contributed by atoms with van der Waals surface area (Å²) in [6, 6.07) is 0.823. The summed E-state index contributed by atoms with van der Waals surface area (Å²) < 4.78 is 37.8. The highest BCUT2D eigenvalue weighted by Gasteiger charge is 2.35. The smallest absolute Gasteiger partial charge is 0.369 e. The Hall–Kier alpha value is -1.90. The van der Waals surface area contributed by atoms with Gasteiger partial charge in [0, 0.05) is 50.7 Å². The van der Waals surface area contributed by atoms with E-state index < -0.39 is 12.0 Å². The van der Waals surface area contributed by atoms with Crippen LogP contribution >= 0.6 is 0 Å². The van der Waals surface area contributed by atoms with Gasteiger partial charge in [0.05, 0.1) is 18.1 Å². The van der Waals surface area contributed by atoms with Crippen molar-refractivity contribution in [2.24, 2.45) is 5.92 Å². The highest BCUT2D eigenvalue weighted by molar-refractivity contribution is 5.79. The van der Waals surface area contributed by atoms with Gasteiger partial charge in [-0.15, -0.1) is 0 Å². The molecule has 1 aromatic heterocycles. The number of anilines is 1. The van der Waals surface area contributed by atoms with Crippen LogP contribution in [0.25, 0.3) is 0 Å². The number of alkyl halides is 3. The molecule has 0 spiro atoms. The predicted molar refractivity (Wildman–Crippen MR) is 99.9 cm³/mol. The Morgan fingerprint density at radius 1 is 1.11 bits per heavy atom. The summed E-state index contributed by atoms with van der Waals surface area (Å²) in [4.78, 5) is 26.1. The van der Waals surface area contributed by atoms with Gasteiger partial charge in [0.25, 0.3) is 0 Å². The van der Waals surface area contributed by atoms with Crippen molar-refractivity contribution in [2.45, 2.75) is 51.9 Å². The standard InChI is InChI=1S/C19H28F3N5O/c1-13(2)27-9-8-26(12-14(27)3)17(28)15-4-6-25(7-5-15)16-10-23-18(24-11-16)19(20,21)22/h10-11,13-15H,4-9,12H2,1-3H3/t14-/m0/s1. The lowest BCUT2D eigenvalue weighted by atomic mass is 9.94. The van der Waals surface area contributed by atoms with Crippen molar-refractivity contribution in [2.75, 3.05) is 37.6 Å². The summed E-state index contributed by atoms with van der Waals surface area (Å²) >= 11 is 0. The lowest BCUT2D eigenvalue weighted by molar-refractivity contribution is -0.145. The van der Waals surface area contributed by atoms with Gasteiger partial charge in [-0.2, -0.15) is 13.2 Å². The van der Waals surface area contributed by atoms with E-state index in [1.54, 1.807) is 0 Å². The molecule has 0 saturated carbocycles. The first-order chi connectivity index (χ1) is 13.2.